The van der Waals surface area contributed by atoms with Crippen LogP contribution in [0.15, 0.2) is 48.5 Å². The van der Waals surface area contributed by atoms with Gasteiger partial charge in [-0.25, -0.2) is 9.78 Å². The molecule has 1 aliphatic heterocycles. The SMILES string of the molecule is Cn1c(CN2CCN(C(=O)NCc3ccc(Cl)cc3)CC2)nc2ccccc21. The summed E-state index contributed by atoms with van der Waals surface area (Å²) in [4.78, 5) is 21.4. The number of hydrogen-bond donors (Lipinski definition) is 1. The molecule has 0 saturated carbocycles. The van der Waals surface area contributed by atoms with Gasteiger partial charge in [0.1, 0.15) is 5.82 Å². The molecular formula is C21H24ClN5O. The van der Waals surface area contributed by atoms with Gasteiger partial charge in [0.05, 0.1) is 17.6 Å². The summed E-state index contributed by atoms with van der Waals surface area (Å²) in [6.45, 7) is 4.43. The molecule has 1 saturated heterocycles. The van der Waals surface area contributed by atoms with Gasteiger partial charge in [-0.2, -0.15) is 0 Å². The predicted octanol–water partition coefficient (Wildman–Crippen LogP) is 3.25. The minimum Gasteiger partial charge on any atom is -0.334 e. The summed E-state index contributed by atoms with van der Waals surface area (Å²) in [6.07, 6.45) is 0. The number of amides is 2. The van der Waals surface area contributed by atoms with Crippen LogP contribution in [0.5, 0.6) is 0 Å². The van der Waals surface area contributed by atoms with Gasteiger partial charge in [-0.05, 0) is 29.8 Å². The van der Waals surface area contributed by atoms with E-state index in [-0.39, 0.29) is 6.03 Å². The highest BCUT2D eigenvalue weighted by molar-refractivity contribution is 6.30. The molecule has 0 bridgehead atoms. The highest BCUT2D eigenvalue weighted by atomic mass is 35.5. The third-order valence-electron chi connectivity index (χ3n) is 5.26. The van der Waals surface area contributed by atoms with Crippen LogP contribution in [0.4, 0.5) is 4.79 Å². The third-order valence-corrected chi connectivity index (χ3v) is 5.51. The van der Waals surface area contributed by atoms with Crippen molar-refractivity contribution in [2.24, 2.45) is 7.05 Å². The third kappa shape index (κ3) is 4.13. The molecule has 7 heteroatoms. The number of piperazine rings is 1. The molecule has 0 radical (unpaired) electrons. The van der Waals surface area contributed by atoms with E-state index in [4.69, 9.17) is 16.6 Å². The molecule has 28 heavy (non-hydrogen) atoms. The molecule has 0 aliphatic carbocycles. The van der Waals surface area contributed by atoms with Gasteiger partial charge in [-0.1, -0.05) is 35.9 Å². The molecule has 0 unspecified atom stereocenters. The van der Waals surface area contributed by atoms with Crippen molar-refractivity contribution in [3.05, 3.63) is 64.9 Å². The predicted molar refractivity (Wildman–Crippen MR) is 111 cm³/mol. The maximum atomic E-state index is 12.4. The topological polar surface area (TPSA) is 53.4 Å². The first-order chi connectivity index (χ1) is 13.6. The lowest BCUT2D eigenvalue weighted by Gasteiger charge is -2.34. The van der Waals surface area contributed by atoms with E-state index in [0.717, 1.165) is 55.1 Å². The Kier molecular flexibility index (Phi) is 5.50. The molecular weight excluding hydrogens is 374 g/mol. The van der Waals surface area contributed by atoms with Crippen molar-refractivity contribution in [3.63, 3.8) is 0 Å². The second kappa shape index (κ2) is 8.20. The average Bonchev–Trinajstić information content (AvgIpc) is 3.03. The van der Waals surface area contributed by atoms with Crippen LogP contribution in [0.25, 0.3) is 11.0 Å². The number of aromatic nitrogens is 2. The molecule has 4 rings (SSSR count). The maximum Gasteiger partial charge on any atom is 0.317 e. The van der Waals surface area contributed by atoms with Gasteiger partial charge >= 0.3 is 6.03 Å². The normalized spacial score (nSPS) is 15.1. The van der Waals surface area contributed by atoms with Crippen molar-refractivity contribution in [1.29, 1.82) is 0 Å². The number of halogens is 1. The summed E-state index contributed by atoms with van der Waals surface area (Å²) in [7, 11) is 2.06. The first-order valence-electron chi connectivity index (χ1n) is 9.50. The standard InChI is InChI=1S/C21H24ClN5O/c1-25-19-5-3-2-4-18(19)24-20(25)15-26-10-12-27(13-11-26)21(28)23-14-16-6-8-17(22)9-7-16/h2-9H,10-15H2,1H3,(H,23,28). The van der Waals surface area contributed by atoms with E-state index >= 15 is 0 Å². The molecule has 1 N–H and O–H groups in total. The van der Waals surface area contributed by atoms with Crippen molar-refractivity contribution in [3.8, 4) is 0 Å². The number of nitrogens with one attached hydrogen (secondary N) is 1. The van der Waals surface area contributed by atoms with Crippen LogP contribution in [-0.2, 0) is 20.1 Å². The van der Waals surface area contributed by atoms with Gasteiger partial charge in [-0.15, -0.1) is 0 Å². The lowest BCUT2D eigenvalue weighted by Crippen LogP contribution is -2.51. The number of fused-ring (bicyclic) bond motifs is 1. The molecule has 2 amide bonds. The van der Waals surface area contributed by atoms with Crippen LogP contribution >= 0.6 is 11.6 Å². The number of rotatable bonds is 4. The van der Waals surface area contributed by atoms with Crippen LogP contribution in [0.1, 0.15) is 11.4 Å². The fraction of sp³-hybridized carbons (Fsp3) is 0.333. The summed E-state index contributed by atoms with van der Waals surface area (Å²) in [5, 5.41) is 3.69. The summed E-state index contributed by atoms with van der Waals surface area (Å²) in [5.41, 5.74) is 3.22. The fourth-order valence-corrected chi connectivity index (χ4v) is 3.66. The number of nitrogens with zero attached hydrogens (tertiary/aromatic N) is 4. The molecule has 6 nitrogen and oxygen atoms in total. The number of hydrogen-bond acceptors (Lipinski definition) is 3. The second-order valence-corrected chi connectivity index (χ2v) is 7.56. The van der Waals surface area contributed by atoms with Crippen LogP contribution in [0.2, 0.25) is 5.02 Å². The van der Waals surface area contributed by atoms with Crippen molar-refractivity contribution >= 4 is 28.7 Å². The summed E-state index contributed by atoms with van der Waals surface area (Å²) >= 11 is 5.89. The zero-order valence-electron chi connectivity index (χ0n) is 15.9. The minimum absolute atomic E-state index is 0.0164. The number of urea groups is 1. The lowest BCUT2D eigenvalue weighted by molar-refractivity contribution is 0.133. The Morgan fingerprint density at radius 1 is 1.07 bits per heavy atom. The fourth-order valence-electron chi connectivity index (χ4n) is 3.54. The Hall–Kier alpha value is -2.57. The number of carbonyl (C=O) groups excluding carboxylic acids is 1. The Morgan fingerprint density at radius 2 is 1.79 bits per heavy atom. The highest BCUT2D eigenvalue weighted by Gasteiger charge is 2.22. The van der Waals surface area contributed by atoms with Crippen LogP contribution in [-0.4, -0.2) is 51.6 Å². The van der Waals surface area contributed by atoms with Crippen molar-refractivity contribution in [1.82, 2.24) is 24.7 Å². The van der Waals surface area contributed by atoms with E-state index in [1.54, 1.807) is 0 Å². The number of benzene rings is 2. The highest BCUT2D eigenvalue weighted by Crippen LogP contribution is 2.16. The summed E-state index contributed by atoms with van der Waals surface area (Å²) in [5.74, 6) is 1.06. The Balaban J connectivity index is 1.28. The smallest absolute Gasteiger partial charge is 0.317 e. The van der Waals surface area contributed by atoms with E-state index in [0.29, 0.717) is 11.6 Å². The van der Waals surface area contributed by atoms with Gasteiger partial charge in [0.2, 0.25) is 0 Å². The quantitative estimate of drug-likeness (QED) is 0.735. The molecule has 1 fully saturated rings. The molecule has 1 aliphatic rings. The maximum absolute atomic E-state index is 12.4. The van der Waals surface area contributed by atoms with Gasteiger partial charge in [0.25, 0.3) is 0 Å². The zero-order valence-corrected chi connectivity index (χ0v) is 16.7. The van der Waals surface area contributed by atoms with Crippen molar-refractivity contribution in [2.45, 2.75) is 13.1 Å². The van der Waals surface area contributed by atoms with E-state index in [1.165, 1.54) is 0 Å². The van der Waals surface area contributed by atoms with E-state index in [1.807, 2.05) is 47.4 Å². The Bertz CT molecular complexity index is 961. The van der Waals surface area contributed by atoms with Gasteiger partial charge in [-0.3, -0.25) is 4.90 Å². The summed E-state index contributed by atoms with van der Waals surface area (Å²) < 4.78 is 2.15. The molecule has 0 spiro atoms. The number of para-hydroxylation sites is 2. The largest absolute Gasteiger partial charge is 0.334 e. The molecule has 2 aromatic carbocycles. The number of aryl methyl sites for hydroxylation is 1. The Labute approximate surface area is 169 Å². The van der Waals surface area contributed by atoms with Crippen LogP contribution in [0, 0.1) is 0 Å². The van der Waals surface area contributed by atoms with Crippen molar-refractivity contribution in [2.75, 3.05) is 26.2 Å². The average molecular weight is 398 g/mol. The second-order valence-electron chi connectivity index (χ2n) is 7.12. The molecule has 1 aromatic heterocycles. The molecule has 0 atom stereocenters. The molecule has 3 aromatic rings. The number of carbonyl (C=O) groups is 1. The van der Waals surface area contributed by atoms with E-state index < -0.39 is 0 Å². The van der Waals surface area contributed by atoms with Crippen LogP contribution < -0.4 is 5.32 Å². The van der Waals surface area contributed by atoms with Gasteiger partial charge in [0, 0.05) is 44.8 Å². The zero-order chi connectivity index (χ0) is 19.5. The first kappa shape index (κ1) is 18.8. The lowest BCUT2D eigenvalue weighted by atomic mass is 10.2. The van der Waals surface area contributed by atoms with E-state index in [9.17, 15) is 4.79 Å². The van der Waals surface area contributed by atoms with Gasteiger partial charge < -0.3 is 14.8 Å². The number of imidazole rings is 1. The minimum atomic E-state index is -0.0164. The van der Waals surface area contributed by atoms with Crippen LogP contribution in [0.3, 0.4) is 0 Å². The first-order valence-corrected chi connectivity index (χ1v) is 9.88. The van der Waals surface area contributed by atoms with E-state index in [2.05, 4.69) is 27.9 Å². The Morgan fingerprint density at radius 3 is 2.50 bits per heavy atom. The van der Waals surface area contributed by atoms with Crippen molar-refractivity contribution < 1.29 is 4.79 Å². The van der Waals surface area contributed by atoms with Gasteiger partial charge in [0.15, 0.2) is 0 Å². The monoisotopic (exact) mass is 397 g/mol. The summed E-state index contributed by atoms with van der Waals surface area (Å²) in [6, 6.07) is 15.7. The molecule has 2 heterocycles. The molecule has 146 valence electrons.